The van der Waals surface area contributed by atoms with Crippen molar-refractivity contribution in [3.05, 3.63) is 95.5 Å². The van der Waals surface area contributed by atoms with Crippen LogP contribution in [0.3, 0.4) is 0 Å². The molecule has 4 heteroatoms. The zero-order valence-corrected chi connectivity index (χ0v) is 12.5. The molecule has 2 aromatic carbocycles. The van der Waals surface area contributed by atoms with Gasteiger partial charge in [0, 0.05) is 17.7 Å². The van der Waals surface area contributed by atoms with Crippen LogP contribution < -0.4 is 10.0 Å². The highest BCUT2D eigenvalue weighted by molar-refractivity contribution is 5.95. The average Bonchev–Trinajstić information content (AvgIpc) is 2.62. The van der Waals surface area contributed by atoms with Gasteiger partial charge in [-0.1, -0.05) is 42.5 Å². The standard InChI is InChI=1S/C19H16N2O2/c22-19(20-14-18-11-4-5-12-21(18)23)17-10-6-9-16(13-17)15-7-2-1-3-8-15/h1-13H,14H2,(H,20,22). The number of carbonyl (C=O) groups is 1. The number of benzene rings is 2. The zero-order valence-electron chi connectivity index (χ0n) is 12.5. The SMILES string of the molecule is O=C(NCc1cccc[n+]1[O-])c1cccc(-c2ccccc2)c1. The smallest absolute Gasteiger partial charge is 0.251 e. The minimum atomic E-state index is -0.202. The van der Waals surface area contributed by atoms with Crippen molar-refractivity contribution < 1.29 is 9.52 Å². The van der Waals surface area contributed by atoms with Crippen LogP contribution in [0.25, 0.3) is 11.1 Å². The van der Waals surface area contributed by atoms with E-state index in [0.29, 0.717) is 11.3 Å². The van der Waals surface area contributed by atoms with E-state index in [-0.39, 0.29) is 12.5 Å². The Kier molecular flexibility index (Phi) is 4.34. The molecule has 4 nitrogen and oxygen atoms in total. The maximum atomic E-state index is 12.3. The molecule has 0 radical (unpaired) electrons. The molecule has 0 bridgehead atoms. The van der Waals surface area contributed by atoms with Crippen molar-refractivity contribution in [1.82, 2.24) is 5.32 Å². The molecular weight excluding hydrogens is 288 g/mol. The van der Waals surface area contributed by atoms with E-state index in [2.05, 4.69) is 5.32 Å². The van der Waals surface area contributed by atoms with Gasteiger partial charge in [0.15, 0.2) is 6.20 Å². The van der Waals surface area contributed by atoms with Crippen molar-refractivity contribution in [3.8, 4) is 11.1 Å². The highest BCUT2D eigenvalue weighted by Gasteiger charge is 2.09. The van der Waals surface area contributed by atoms with Crippen LogP contribution in [-0.4, -0.2) is 5.91 Å². The lowest BCUT2D eigenvalue weighted by atomic mass is 10.0. The van der Waals surface area contributed by atoms with Gasteiger partial charge in [0.05, 0.1) is 0 Å². The summed E-state index contributed by atoms with van der Waals surface area (Å²) >= 11 is 0. The van der Waals surface area contributed by atoms with Gasteiger partial charge in [-0.25, -0.2) is 0 Å². The predicted molar refractivity (Wildman–Crippen MR) is 88.5 cm³/mol. The van der Waals surface area contributed by atoms with E-state index in [9.17, 15) is 10.0 Å². The fourth-order valence-electron chi connectivity index (χ4n) is 2.34. The van der Waals surface area contributed by atoms with Crippen LogP contribution in [0.15, 0.2) is 79.0 Å². The molecule has 0 aliphatic heterocycles. The Morgan fingerprint density at radius 2 is 1.65 bits per heavy atom. The summed E-state index contributed by atoms with van der Waals surface area (Å²) in [6.45, 7) is 0.193. The lowest BCUT2D eigenvalue weighted by molar-refractivity contribution is -0.614. The molecule has 0 saturated heterocycles. The largest absolute Gasteiger partial charge is 0.618 e. The highest BCUT2D eigenvalue weighted by atomic mass is 16.5. The Labute approximate surface area is 134 Å². The summed E-state index contributed by atoms with van der Waals surface area (Å²) in [5, 5.41) is 14.3. The number of nitrogens with zero attached hydrogens (tertiary/aromatic N) is 1. The third-order valence-corrected chi connectivity index (χ3v) is 3.57. The molecular formula is C19H16N2O2. The Hall–Kier alpha value is -3.14. The van der Waals surface area contributed by atoms with E-state index in [1.54, 1.807) is 24.3 Å². The van der Waals surface area contributed by atoms with Crippen molar-refractivity contribution in [2.24, 2.45) is 0 Å². The van der Waals surface area contributed by atoms with Gasteiger partial charge >= 0.3 is 0 Å². The van der Waals surface area contributed by atoms with Crippen molar-refractivity contribution >= 4 is 5.91 Å². The molecule has 3 aromatic rings. The molecule has 0 saturated carbocycles. The monoisotopic (exact) mass is 304 g/mol. The molecule has 0 spiro atoms. The number of amides is 1. The number of hydrogen-bond acceptors (Lipinski definition) is 2. The molecule has 1 aromatic heterocycles. The van der Waals surface area contributed by atoms with Gasteiger partial charge in [-0.3, -0.25) is 4.79 Å². The molecule has 0 aliphatic rings. The number of hydrogen-bond donors (Lipinski definition) is 1. The minimum absolute atomic E-state index is 0.193. The van der Waals surface area contributed by atoms with Crippen LogP contribution in [0, 0.1) is 5.21 Å². The lowest BCUT2D eigenvalue weighted by Crippen LogP contribution is -2.35. The summed E-state index contributed by atoms with van der Waals surface area (Å²) in [6, 6.07) is 22.4. The molecule has 1 N–H and O–H groups in total. The van der Waals surface area contributed by atoms with Crippen LogP contribution in [0.4, 0.5) is 0 Å². The fraction of sp³-hybridized carbons (Fsp3) is 0.0526. The third kappa shape index (κ3) is 3.55. The first-order valence-corrected chi connectivity index (χ1v) is 7.35. The first kappa shape index (κ1) is 14.8. The number of nitrogens with one attached hydrogen (secondary N) is 1. The van der Waals surface area contributed by atoms with Crippen LogP contribution in [-0.2, 0) is 6.54 Å². The second-order valence-corrected chi connectivity index (χ2v) is 5.15. The molecule has 0 unspecified atom stereocenters. The molecule has 1 amide bonds. The summed E-state index contributed by atoms with van der Waals surface area (Å²) in [5.41, 5.74) is 3.11. The van der Waals surface area contributed by atoms with E-state index >= 15 is 0 Å². The van der Waals surface area contributed by atoms with E-state index in [0.717, 1.165) is 15.9 Å². The van der Waals surface area contributed by atoms with Gasteiger partial charge in [0.1, 0.15) is 6.54 Å². The number of pyridine rings is 1. The van der Waals surface area contributed by atoms with Crippen molar-refractivity contribution in [3.63, 3.8) is 0 Å². The van der Waals surface area contributed by atoms with Gasteiger partial charge in [0.2, 0.25) is 5.69 Å². The highest BCUT2D eigenvalue weighted by Crippen LogP contribution is 2.19. The van der Waals surface area contributed by atoms with Gasteiger partial charge < -0.3 is 10.5 Å². The van der Waals surface area contributed by atoms with Crippen LogP contribution in [0.1, 0.15) is 16.1 Å². The van der Waals surface area contributed by atoms with E-state index in [1.807, 2.05) is 48.5 Å². The average molecular weight is 304 g/mol. The van der Waals surface area contributed by atoms with Gasteiger partial charge in [-0.05, 0) is 29.3 Å². The third-order valence-electron chi connectivity index (χ3n) is 3.57. The van der Waals surface area contributed by atoms with Crippen LogP contribution >= 0.6 is 0 Å². The molecule has 3 rings (SSSR count). The second-order valence-electron chi connectivity index (χ2n) is 5.15. The molecule has 0 aliphatic carbocycles. The lowest BCUT2D eigenvalue weighted by Gasteiger charge is -2.08. The first-order valence-electron chi connectivity index (χ1n) is 7.35. The fourth-order valence-corrected chi connectivity index (χ4v) is 2.34. The Bertz CT molecular complexity index is 816. The van der Waals surface area contributed by atoms with Gasteiger partial charge in [-0.2, -0.15) is 4.73 Å². The number of aromatic nitrogens is 1. The number of rotatable bonds is 4. The van der Waals surface area contributed by atoms with Crippen LogP contribution in [0.2, 0.25) is 0 Å². The topological polar surface area (TPSA) is 56.0 Å². The summed E-state index contributed by atoms with van der Waals surface area (Å²) in [5.74, 6) is -0.202. The van der Waals surface area contributed by atoms with E-state index < -0.39 is 0 Å². The van der Waals surface area contributed by atoms with Crippen molar-refractivity contribution in [1.29, 1.82) is 0 Å². The van der Waals surface area contributed by atoms with Gasteiger partial charge in [0.25, 0.3) is 5.91 Å². The molecule has 23 heavy (non-hydrogen) atoms. The number of carbonyl (C=O) groups excluding carboxylic acids is 1. The quantitative estimate of drug-likeness (QED) is 0.595. The normalized spacial score (nSPS) is 10.3. The van der Waals surface area contributed by atoms with E-state index in [1.165, 1.54) is 6.20 Å². The molecule has 1 heterocycles. The van der Waals surface area contributed by atoms with Crippen LogP contribution in [0.5, 0.6) is 0 Å². The summed E-state index contributed by atoms with van der Waals surface area (Å²) in [4.78, 5) is 12.3. The first-order chi connectivity index (χ1) is 11.2. The molecule has 0 fully saturated rings. The predicted octanol–water partition coefficient (Wildman–Crippen LogP) is 2.92. The van der Waals surface area contributed by atoms with Crippen molar-refractivity contribution in [2.45, 2.75) is 6.54 Å². The summed E-state index contributed by atoms with van der Waals surface area (Å²) in [6.07, 6.45) is 1.41. The maximum Gasteiger partial charge on any atom is 0.251 e. The Morgan fingerprint density at radius 3 is 2.43 bits per heavy atom. The Balaban J connectivity index is 1.74. The van der Waals surface area contributed by atoms with Gasteiger partial charge in [-0.15, -0.1) is 0 Å². The molecule has 0 atom stereocenters. The summed E-state index contributed by atoms with van der Waals surface area (Å²) < 4.78 is 0.751. The molecule has 114 valence electrons. The Morgan fingerprint density at radius 1 is 0.913 bits per heavy atom. The minimum Gasteiger partial charge on any atom is -0.618 e. The van der Waals surface area contributed by atoms with Crippen molar-refractivity contribution in [2.75, 3.05) is 0 Å². The second kappa shape index (κ2) is 6.75. The maximum absolute atomic E-state index is 12.3. The zero-order chi connectivity index (χ0) is 16.1. The summed E-state index contributed by atoms with van der Waals surface area (Å²) in [7, 11) is 0. The van der Waals surface area contributed by atoms with E-state index in [4.69, 9.17) is 0 Å².